The van der Waals surface area contributed by atoms with Crippen molar-refractivity contribution in [3.05, 3.63) is 33.6 Å². The van der Waals surface area contributed by atoms with Crippen molar-refractivity contribution >= 4 is 38.9 Å². The van der Waals surface area contributed by atoms with Gasteiger partial charge in [-0.25, -0.2) is 9.67 Å². The lowest BCUT2D eigenvalue weighted by molar-refractivity contribution is -0.122. The van der Waals surface area contributed by atoms with Crippen LogP contribution in [-0.2, 0) is 21.4 Å². The highest BCUT2D eigenvalue weighted by Gasteiger charge is 2.49. The second kappa shape index (κ2) is 10.9. The number of Topliss-reactive ketones (excluding diaryl/α,β-unsaturated/α-hetero) is 1. The maximum atomic E-state index is 14.5. The number of ketones is 1. The molecule has 2 aliphatic carbocycles. The number of carbonyl (C=O) groups is 1. The van der Waals surface area contributed by atoms with E-state index in [4.69, 9.17) is 30.9 Å². The number of carbonyl (C=O) groups excluding carboxylic acids is 1. The fraction of sp³-hybridized carbons (Fsp3) is 0.581. The molecule has 3 aromatic rings. The van der Waals surface area contributed by atoms with Gasteiger partial charge in [0.05, 0.1) is 35.5 Å². The first-order valence-electron chi connectivity index (χ1n) is 15.4. The number of aryl methyl sites for hydroxylation is 1. The number of nitrogen functional groups attached to an aromatic ring is 1. The van der Waals surface area contributed by atoms with E-state index in [2.05, 4.69) is 30.0 Å². The number of likely N-dealkylation sites (N-methyl/N-ethyl adjacent to an activating group) is 1. The van der Waals surface area contributed by atoms with Crippen molar-refractivity contribution in [3.8, 4) is 11.9 Å². The van der Waals surface area contributed by atoms with E-state index < -0.39 is 5.41 Å². The van der Waals surface area contributed by atoms with E-state index in [-0.39, 0.29) is 35.5 Å². The number of nitrogens with zero attached hydrogens (tertiary/aromatic N) is 6. The van der Waals surface area contributed by atoms with Gasteiger partial charge in [-0.2, -0.15) is 15.3 Å². The Morgan fingerprint density at radius 3 is 2.79 bits per heavy atom. The molecular weight excluding hydrogens is 564 g/mol. The maximum absolute atomic E-state index is 14.5. The van der Waals surface area contributed by atoms with Crippen molar-refractivity contribution in [2.45, 2.75) is 88.3 Å². The number of fused-ring (bicyclic) bond motifs is 3. The van der Waals surface area contributed by atoms with Gasteiger partial charge in [0.25, 0.3) is 0 Å². The molecule has 226 valence electrons. The van der Waals surface area contributed by atoms with Crippen LogP contribution in [0.1, 0.15) is 86.2 Å². The molecule has 0 aromatic carbocycles. The predicted molar refractivity (Wildman–Crippen MR) is 164 cm³/mol. The molecule has 0 bridgehead atoms. The lowest BCUT2D eigenvalue weighted by Gasteiger charge is -2.40. The molecule has 2 aliphatic heterocycles. The van der Waals surface area contributed by atoms with Gasteiger partial charge in [0.15, 0.2) is 17.3 Å². The van der Waals surface area contributed by atoms with Crippen LogP contribution in [0.3, 0.4) is 0 Å². The topological polar surface area (TPSA) is 158 Å². The summed E-state index contributed by atoms with van der Waals surface area (Å²) in [4.78, 5) is 27.7. The van der Waals surface area contributed by atoms with Gasteiger partial charge >= 0.3 is 0 Å². The smallest absolute Gasteiger partial charge is 0.228 e. The van der Waals surface area contributed by atoms with Gasteiger partial charge in [0, 0.05) is 23.1 Å². The lowest BCUT2D eigenvalue weighted by atomic mass is 9.61. The molecule has 0 radical (unpaired) electrons. The molecule has 7 rings (SSSR count). The molecule has 0 amide bonds. The van der Waals surface area contributed by atoms with Crippen molar-refractivity contribution in [2.24, 2.45) is 5.73 Å². The molecule has 3 aromatic heterocycles. The van der Waals surface area contributed by atoms with Gasteiger partial charge in [0.2, 0.25) is 5.88 Å². The molecule has 4 atom stereocenters. The van der Waals surface area contributed by atoms with Crippen molar-refractivity contribution in [1.82, 2.24) is 24.6 Å². The van der Waals surface area contributed by atoms with Crippen LogP contribution in [0.25, 0.3) is 16.7 Å². The molecule has 2 saturated heterocycles. The zero-order valence-corrected chi connectivity index (χ0v) is 25.6. The van der Waals surface area contributed by atoms with Gasteiger partial charge in [-0.3, -0.25) is 9.69 Å². The highest BCUT2D eigenvalue weighted by atomic mass is 32.1. The summed E-state index contributed by atoms with van der Waals surface area (Å²) in [6.07, 6.45) is 9.02. The number of rotatable bonds is 5. The second-order valence-electron chi connectivity index (χ2n) is 12.5. The first kappa shape index (κ1) is 28.3. The van der Waals surface area contributed by atoms with Crippen LogP contribution in [0, 0.1) is 11.3 Å². The highest BCUT2D eigenvalue weighted by molar-refractivity contribution is 7.16. The Morgan fingerprint density at radius 1 is 1.26 bits per heavy atom. The molecule has 1 spiro atoms. The molecule has 0 unspecified atom stereocenters. The molecule has 11 nitrogen and oxygen atoms in total. The molecule has 43 heavy (non-hydrogen) atoms. The van der Waals surface area contributed by atoms with Crippen LogP contribution in [0.2, 0.25) is 0 Å². The van der Waals surface area contributed by atoms with Gasteiger partial charge < -0.3 is 20.9 Å². The van der Waals surface area contributed by atoms with E-state index in [9.17, 15) is 10.1 Å². The number of hydrogen-bond donors (Lipinski definition) is 2. The van der Waals surface area contributed by atoms with Gasteiger partial charge in [-0.05, 0) is 83.9 Å². The molecule has 3 fully saturated rings. The zero-order valence-electron chi connectivity index (χ0n) is 24.8. The average Bonchev–Trinajstić information content (AvgIpc) is 3.80. The first-order chi connectivity index (χ1) is 20.8. The summed E-state index contributed by atoms with van der Waals surface area (Å²) in [7, 11) is 2.12. The number of aromatic nitrogens is 4. The monoisotopic (exact) mass is 602 g/mol. The van der Waals surface area contributed by atoms with E-state index in [1.165, 1.54) is 11.3 Å². The highest BCUT2D eigenvalue weighted by Crippen LogP contribution is 2.52. The normalized spacial score (nSPS) is 27.9. The fourth-order valence-electron chi connectivity index (χ4n) is 7.79. The van der Waals surface area contributed by atoms with Crippen molar-refractivity contribution in [1.29, 1.82) is 5.26 Å². The van der Waals surface area contributed by atoms with Gasteiger partial charge in [0.1, 0.15) is 22.6 Å². The van der Waals surface area contributed by atoms with Crippen LogP contribution < -0.4 is 16.2 Å². The Hall–Kier alpha value is -3.53. The summed E-state index contributed by atoms with van der Waals surface area (Å²) >= 11 is 1.44. The number of anilines is 1. The van der Waals surface area contributed by atoms with Gasteiger partial charge in [-0.1, -0.05) is 0 Å². The number of thiophene rings is 1. The van der Waals surface area contributed by atoms with E-state index >= 15 is 0 Å². The van der Waals surface area contributed by atoms with E-state index in [0.29, 0.717) is 60.1 Å². The lowest BCUT2D eigenvalue weighted by Crippen LogP contribution is -2.43. The summed E-state index contributed by atoms with van der Waals surface area (Å²) in [5.74, 6) is 0.671. The maximum Gasteiger partial charge on any atom is 0.228 e. The minimum absolute atomic E-state index is 0.0312. The van der Waals surface area contributed by atoms with Crippen molar-refractivity contribution in [2.75, 3.05) is 32.5 Å². The standard InChI is InChI=1S/C31H38N8O3S/c1-17(22-7-5-12-38(22)2)42-30-21-15-35-39(18-9-13-41-16-18)29(21)36-28(37-30)25(33)19-6-3-10-31(26(19)40)11-4-8-23-24(31)20(14-32)27(34)43-23/h15,17-18,22H,3-13,16,33-34H2,1-2H3/b25-19-/t17-,18+,22-,31-/m0/s1. The minimum atomic E-state index is -0.793. The summed E-state index contributed by atoms with van der Waals surface area (Å²) in [6, 6.07) is 2.62. The van der Waals surface area contributed by atoms with E-state index in [0.717, 1.165) is 60.9 Å². The summed E-state index contributed by atoms with van der Waals surface area (Å²) in [6.45, 7) is 4.34. The molecule has 12 heteroatoms. The molecule has 4 aliphatic rings. The molecular formula is C31H38N8O3S. The molecule has 1 saturated carbocycles. The number of allylic oxidation sites excluding steroid dienone is 1. The predicted octanol–water partition coefficient (Wildman–Crippen LogP) is 3.86. The molecule has 5 heterocycles. The minimum Gasteiger partial charge on any atom is -0.472 e. The Bertz CT molecular complexity index is 1660. The average molecular weight is 603 g/mol. The van der Waals surface area contributed by atoms with E-state index in [1.54, 1.807) is 6.20 Å². The number of nitriles is 1. The van der Waals surface area contributed by atoms with Crippen LogP contribution >= 0.6 is 11.3 Å². The van der Waals surface area contributed by atoms with Crippen LogP contribution in [0.4, 0.5) is 5.00 Å². The Labute approximate surface area is 254 Å². The third-order valence-electron chi connectivity index (χ3n) is 10.00. The third kappa shape index (κ3) is 4.51. The Morgan fingerprint density at radius 2 is 2.07 bits per heavy atom. The largest absolute Gasteiger partial charge is 0.472 e. The number of hydrogen-bond acceptors (Lipinski definition) is 11. The summed E-state index contributed by atoms with van der Waals surface area (Å²) < 4.78 is 14.1. The Kier molecular flexibility index (Phi) is 7.15. The Balaban J connectivity index is 1.33. The zero-order chi connectivity index (χ0) is 29.9. The second-order valence-corrected chi connectivity index (χ2v) is 13.6. The van der Waals surface area contributed by atoms with Crippen molar-refractivity contribution < 1.29 is 14.3 Å². The van der Waals surface area contributed by atoms with Crippen LogP contribution in [0.15, 0.2) is 11.8 Å². The summed E-state index contributed by atoms with van der Waals surface area (Å²) in [5, 5.41) is 15.9. The van der Waals surface area contributed by atoms with Crippen LogP contribution in [0.5, 0.6) is 5.88 Å². The third-order valence-corrected chi connectivity index (χ3v) is 11.1. The van der Waals surface area contributed by atoms with Crippen molar-refractivity contribution in [3.63, 3.8) is 0 Å². The SMILES string of the molecule is C[C@H](Oc1nc(/C(N)=C2\CCC[C@@]3(CCCc4sc(N)c(C#N)c43)C2=O)nc2c1cnn2[C@@H]1CCOC1)[C@@H]1CCCN1C. The quantitative estimate of drug-likeness (QED) is 0.411. The van der Waals surface area contributed by atoms with Gasteiger partial charge in [-0.15, -0.1) is 11.3 Å². The van der Waals surface area contributed by atoms with Crippen LogP contribution in [-0.4, -0.2) is 69.4 Å². The van der Waals surface area contributed by atoms with E-state index in [1.807, 2.05) is 4.68 Å². The first-order valence-corrected chi connectivity index (χ1v) is 16.2. The fourth-order valence-corrected chi connectivity index (χ4v) is 8.96. The molecule has 4 N–H and O–H groups in total. The number of nitrogens with two attached hydrogens (primary N) is 2. The summed E-state index contributed by atoms with van der Waals surface area (Å²) in [5.41, 5.74) is 15.1. The number of likely N-dealkylation sites (tertiary alicyclic amines) is 1. The number of ether oxygens (including phenoxy) is 2.